The highest BCUT2D eigenvalue weighted by Crippen LogP contribution is 2.28. The molecule has 1 N–H and O–H groups in total. The summed E-state index contributed by atoms with van der Waals surface area (Å²) in [4.78, 5) is 13.7. The average Bonchev–Trinajstić information content (AvgIpc) is 2.92. The number of carbonyl (C=O) groups is 1. The lowest BCUT2D eigenvalue weighted by Gasteiger charge is -2.02. The highest BCUT2D eigenvalue weighted by molar-refractivity contribution is 7.20. The Balaban J connectivity index is 1.91. The van der Waals surface area contributed by atoms with Crippen LogP contribution in [0.4, 0.5) is 10.1 Å². The number of hydrogen-bond acceptors (Lipinski definition) is 3. The van der Waals surface area contributed by atoms with Crippen LogP contribution in [0.5, 0.6) is 0 Å². The Morgan fingerprint density at radius 3 is 2.90 bits per heavy atom. The summed E-state index contributed by atoms with van der Waals surface area (Å²) < 4.78 is 14.8. The van der Waals surface area contributed by atoms with E-state index in [2.05, 4.69) is 10.4 Å². The summed E-state index contributed by atoms with van der Waals surface area (Å²) in [5.41, 5.74) is 1.34. The Morgan fingerprint density at radius 1 is 1.40 bits per heavy atom. The number of nitrogens with one attached hydrogen (secondary N) is 1. The van der Waals surface area contributed by atoms with Crippen molar-refractivity contribution < 1.29 is 9.18 Å². The van der Waals surface area contributed by atoms with Crippen molar-refractivity contribution in [3.8, 4) is 0 Å². The van der Waals surface area contributed by atoms with Gasteiger partial charge in [0.2, 0.25) is 0 Å². The molecule has 0 aliphatic heterocycles. The van der Waals surface area contributed by atoms with Crippen molar-refractivity contribution in [2.75, 3.05) is 5.32 Å². The summed E-state index contributed by atoms with van der Waals surface area (Å²) in [6, 6.07) is 7.66. The van der Waals surface area contributed by atoms with E-state index in [4.69, 9.17) is 0 Å². The number of fused-ring (bicyclic) bond motifs is 1. The minimum atomic E-state index is -0.376. The van der Waals surface area contributed by atoms with Gasteiger partial charge in [-0.25, -0.2) is 4.39 Å². The molecule has 0 saturated carbocycles. The van der Waals surface area contributed by atoms with Crippen LogP contribution in [0.3, 0.4) is 0 Å². The first-order valence-electron chi connectivity index (χ1n) is 6.04. The van der Waals surface area contributed by atoms with E-state index in [1.807, 2.05) is 20.0 Å². The van der Waals surface area contributed by atoms with Crippen LogP contribution < -0.4 is 5.32 Å². The summed E-state index contributed by atoms with van der Waals surface area (Å²) in [6.45, 7) is 1.91. The largest absolute Gasteiger partial charge is 0.321 e. The zero-order valence-electron chi connectivity index (χ0n) is 11.0. The molecule has 20 heavy (non-hydrogen) atoms. The van der Waals surface area contributed by atoms with Gasteiger partial charge in [0.25, 0.3) is 5.91 Å². The molecule has 0 aliphatic carbocycles. The van der Waals surface area contributed by atoms with Crippen molar-refractivity contribution in [2.45, 2.75) is 6.92 Å². The van der Waals surface area contributed by atoms with Gasteiger partial charge >= 0.3 is 0 Å². The van der Waals surface area contributed by atoms with E-state index in [-0.39, 0.29) is 11.7 Å². The van der Waals surface area contributed by atoms with Crippen molar-refractivity contribution >= 4 is 33.1 Å². The number of benzene rings is 1. The predicted molar refractivity (Wildman–Crippen MR) is 77.7 cm³/mol. The second-order valence-corrected chi connectivity index (χ2v) is 5.53. The standard InChI is InChI=1S/C14H12FN3OS/c1-8-11-7-12(20-14(11)18(2)17-8)13(19)16-10-5-3-4-9(15)6-10/h3-7H,1-2H3,(H,16,19). The zero-order valence-corrected chi connectivity index (χ0v) is 11.8. The molecule has 102 valence electrons. The van der Waals surface area contributed by atoms with Crippen LogP contribution in [0, 0.1) is 12.7 Å². The molecule has 0 fully saturated rings. The number of hydrogen-bond donors (Lipinski definition) is 1. The second-order valence-electron chi connectivity index (χ2n) is 4.50. The van der Waals surface area contributed by atoms with Gasteiger partial charge in [0.1, 0.15) is 10.6 Å². The third-order valence-electron chi connectivity index (χ3n) is 3.00. The molecule has 3 aromatic rings. The molecule has 0 radical (unpaired) electrons. The number of halogens is 1. The summed E-state index contributed by atoms with van der Waals surface area (Å²) in [7, 11) is 1.85. The van der Waals surface area contributed by atoms with Crippen LogP contribution in [0.1, 0.15) is 15.4 Å². The summed E-state index contributed by atoms with van der Waals surface area (Å²) in [5, 5.41) is 7.96. The van der Waals surface area contributed by atoms with Crippen LogP contribution in [-0.4, -0.2) is 15.7 Å². The Bertz CT molecular complexity index is 771. The van der Waals surface area contributed by atoms with Gasteiger partial charge in [-0.05, 0) is 31.2 Å². The molecule has 3 rings (SSSR count). The fourth-order valence-corrected chi connectivity index (χ4v) is 3.09. The Hall–Kier alpha value is -2.21. The summed E-state index contributed by atoms with van der Waals surface area (Å²) in [6.07, 6.45) is 0. The molecule has 0 unspecified atom stereocenters. The monoisotopic (exact) mass is 289 g/mol. The molecule has 2 heterocycles. The van der Waals surface area contributed by atoms with E-state index in [0.717, 1.165) is 15.9 Å². The summed E-state index contributed by atoms with van der Waals surface area (Å²) >= 11 is 1.37. The van der Waals surface area contributed by atoms with Crippen LogP contribution >= 0.6 is 11.3 Å². The molecule has 2 aromatic heterocycles. The molecule has 1 amide bonds. The van der Waals surface area contributed by atoms with Gasteiger partial charge in [-0.1, -0.05) is 6.07 Å². The van der Waals surface area contributed by atoms with E-state index >= 15 is 0 Å². The van der Waals surface area contributed by atoms with Crippen LogP contribution in [0.15, 0.2) is 30.3 Å². The maximum atomic E-state index is 13.1. The molecule has 0 atom stereocenters. The first-order valence-corrected chi connectivity index (χ1v) is 6.86. The van der Waals surface area contributed by atoms with E-state index < -0.39 is 0 Å². The first kappa shape index (κ1) is 12.8. The number of nitrogens with zero attached hydrogens (tertiary/aromatic N) is 2. The smallest absolute Gasteiger partial charge is 0.265 e. The maximum Gasteiger partial charge on any atom is 0.265 e. The average molecular weight is 289 g/mol. The molecular weight excluding hydrogens is 277 g/mol. The van der Waals surface area contributed by atoms with Crippen LogP contribution in [0.2, 0.25) is 0 Å². The topological polar surface area (TPSA) is 46.9 Å². The number of anilines is 1. The SMILES string of the molecule is Cc1nn(C)c2sc(C(=O)Nc3cccc(F)c3)cc12. The van der Waals surface area contributed by atoms with E-state index in [9.17, 15) is 9.18 Å². The molecule has 4 nitrogen and oxygen atoms in total. The van der Waals surface area contributed by atoms with Crippen LogP contribution in [0.25, 0.3) is 10.2 Å². The Morgan fingerprint density at radius 2 is 2.20 bits per heavy atom. The predicted octanol–water partition coefficient (Wildman–Crippen LogP) is 3.33. The van der Waals surface area contributed by atoms with Crippen molar-refractivity contribution in [1.82, 2.24) is 9.78 Å². The maximum absolute atomic E-state index is 13.1. The number of aromatic nitrogens is 2. The second kappa shape index (κ2) is 4.72. The highest BCUT2D eigenvalue weighted by atomic mass is 32.1. The first-order chi connectivity index (χ1) is 9.54. The van der Waals surface area contributed by atoms with Gasteiger partial charge < -0.3 is 5.32 Å². The number of aryl methyl sites for hydroxylation is 2. The van der Waals surface area contributed by atoms with Crippen molar-refractivity contribution in [2.24, 2.45) is 7.05 Å². The van der Waals surface area contributed by atoms with Gasteiger partial charge in [0.05, 0.1) is 10.6 Å². The van der Waals surface area contributed by atoms with Crippen molar-refractivity contribution in [1.29, 1.82) is 0 Å². The van der Waals surface area contributed by atoms with Crippen molar-refractivity contribution in [3.05, 3.63) is 46.7 Å². The highest BCUT2D eigenvalue weighted by Gasteiger charge is 2.15. The van der Waals surface area contributed by atoms with E-state index in [1.165, 1.54) is 23.5 Å². The number of rotatable bonds is 2. The van der Waals surface area contributed by atoms with Gasteiger partial charge in [-0.2, -0.15) is 5.10 Å². The minimum Gasteiger partial charge on any atom is -0.321 e. The molecule has 0 bridgehead atoms. The van der Waals surface area contributed by atoms with Crippen molar-refractivity contribution in [3.63, 3.8) is 0 Å². The number of thiophene rings is 1. The van der Waals surface area contributed by atoms with Gasteiger partial charge in [0, 0.05) is 18.1 Å². The van der Waals surface area contributed by atoms with Gasteiger partial charge in [-0.3, -0.25) is 9.48 Å². The molecule has 1 aromatic carbocycles. The van der Waals surface area contributed by atoms with E-state index in [1.54, 1.807) is 16.8 Å². The zero-order chi connectivity index (χ0) is 14.3. The lowest BCUT2D eigenvalue weighted by Crippen LogP contribution is -2.10. The third-order valence-corrected chi connectivity index (χ3v) is 4.20. The van der Waals surface area contributed by atoms with E-state index in [0.29, 0.717) is 10.6 Å². The minimum absolute atomic E-state index is 0.240. The molecule has 0 aliphatic rings. The lowest BCUT2D eigenvalue weighted by molar-refractivity contribution is 0.103. The van der Waals surface area contributed by atoms with Gasteiger partial charge in [-0.15, -0.1) is 11.3 Å². The fourth-order valence-electron chi connectivity index (χ4n) is 2.08. The number of amides is 1. The normalized spacial score (nSPS) is 10.9. The summed E-state index contributed by atoms with van der Waals surface area (Å²) in [5.74, 6) is -0.615. The lowest BCUT2D eigenvalue weighted by atomic mass is 10.3. The fraction of sp³-hybridized carbons (Fsp3) is 0.143. The Labute approximate surface area is 118 Å². The molecule has 6 heteroatoms. The molecular formula is C14H12FN3OS. The quantitative estimate of drug-likeness (QED) is 0.786. The van der Waals surface area contributed by atoms with Gasteiger partial charge in [0.15, 0.2) is 0 Å². The molecule has 0 spiro atoms. The Kier molecular flexibility index (Phi) is 3.02. The third kappa shape index (κ3) is 2.18. The molecule has 0 saturated heterocycles. The number of carbonyl (C=O) groups excluding carboxylic acids is 1. The van der Waals surface area contributed by atoms with Crippen LogP contribution in [-0.2, 0) is 7.05 Å².